The molecule has 2 rings (SSSR count). The highest BCUT2D eigenvalue weighted by molar-refractivity contribution is 5.46. The van der Waals surface area contributed by atoms with Crippen molar-refractivity contribution in [1.29, 1.82) is 0 Å². The van der Waals surface area contributed by atoms with Gasteiger partial charge in [0.2, 0.25) is 0 Å². The molecule has 1 aromatic rings. The van der Waals surface area contributed by atoms with E-state index in [0.717, 1.165) is 18.2 Å². The van der Waals surface area contributed by atoms with E-state index in [1.54, 1.807) is 6.33 Å². The second kappa shape index (κ2) is 5.65. The quantitative estimate of drug-likeness (QED) is 0.696. The molecule has 0 atom stereocenters. The van der Waals surface area contributed by atoms with Gasteiger partial charge in [-0.25, -0.2) is 9.97 Å². The number of hydrogen-bond acceptors (Lipinski definition) is 5. The van der Waals surface area contributed by atoms with Gasteiger partial charge in [-0.15, -0.1) is 0 Å². The Morgan fingerprint density at radius 1 is 1.25 bits per heavy atom. The van der Waals surface area contributed by atoms with Gasteiger partial charge < -0.3 is 16.4 Å². The van der Waals surface area contributed by atoms with E-state index in [1.165, 1.54) is 25.7 Å². The van der Waals surface area contributed by atoms with Crippen LogP contribution in [0.4, 0.5) is 11.6 Å². The molecule has 0 spiro atoms. The van der Waals surface area contributed by atoms with Crippen LogP contribution in [0.25, 0.3) is 0 Å². The summed E-state index contributed by atoms with van der Waals surface area (Å²) in [7, 11) is 0. The van der Waals surface area contributed by atoms with Gasteiger partial charge in [0, 0.05) is 25.2 Å². The van der Waals surface area contributed by atoms with Crippen molar-refractivity contribution >= 4 is 11.6 Å². The van der Waals surface area contributed by atoms with Gasteiger partial charge in [-0.05, 0) is 12.8 Å². The van der Waals surface area contributed by atoms with Crippen LogP contribution in [0.2, 0.25) is 0 Å². The lowest BCUT2D eigenvalue weighted by Gasteiger charge is -2.13. The Hall–Kier alpha value is -1.36. The molecule has 0 bridgehead atoms. The number of aromatic nitrogens is 2. The third-order valence-electron chi connectivity index (χ3n) is 2.82. The van der Waals surface area contributed by atoms with Gasteiger partial charge in [-0.3, -0.25) is 0 Å². The van der Waals surface area contributed by atoms with Crippen LogP contribution in [0, 0.1) is 0 Å². The van der Waals surface area contributed by atoms with Gasteiger partial charge in [0.1, 0.15) is 18.0 Å². The van der Waals surface area contributed by atoms with Gasteiger partial charge in [-0.2, -0.15) is 0 Å². The summed E-state index contributed by atoms with van der Waals surface area (Å²) in [4.78, 5) is 8.35. The molecule has 1 aromatic heterocycles. The Balaban J connectivity index is 1.92. The van der Waals surface area contributed by atoms with Crippen molar-refractivity contribution in [2.45, 2.75) is 31.7 Å². The van der Waals surface area contributed by atoms with Crippen molar-refractivity contribution in [3.63, 3.8) is 0 Å². The summed E-state index contributed by atoms with van der Waals surface area (Å²) in [5.74, 6) is 1.74. The molecule has 0 aliphatic heterocycles. The highest BCUT2D eigenvalue weighted by Crippen LogP contribution is 2.21. The number of nitrogens with two attached hydrogens (primary N) is 1. The first-order chi connectivity index (χ1) is 7.88. The van der Waals surface area contributed by atoms with Crippen molar-refractivity contribution in [2.24, 2.45) is 5.73 Å². The molecule has 0 amide bonds. The molecule has 16 heavy (non-hydrogen) atoms. The van der Waals surface area contributed by atoms with Crippen LogP contribution < -0.4 is 16.4 Å². The largest absolute Gasteiger partial charge is 0.369 e. The number of nitrogens with one attached hydrogen (secondary N) is 2. The zero-order chi connectivity index (χ0) is 11.2. The maximum absolute atomic E-state index is 5.42. The average Bonchev–Trinajstić information content (AvgIpc) is 2.80. The second-order valence-electron chi connectivity index (χ2n) is 4.13. The SMILES string of the molecule is NCCNc1cc(NC2CCCC2)ncn1. The Morgan fingerprint density at radius 2 is 2.00 bits per heavy atom. The van der Waals surface area contributed by atoms with Gasteiger partial charge in [0.15, 0.2) is 0 Å². The van der Waals surface area contributed by atoms with Crippen molar-refractivity contribution in [3.05, 3.63) is 12.4 Å². The third-order valence-corrected chi connectivity index (χ3v) is 2.82. The lowest BCUT2D eigenvalue weighted by molar-refractivity contribution is 0.750. The zero-order valence-corrected chi connectivity index (χ0v) is 9.45. The Kier molecular flexibility index (Phi) is 3.93. The van der Waals surface area contributed by atoms with Crippen molar-refractivity contribution in [3.8, 4) is 0 Å². The maximum atomic E-state index is 5.42. The molecular formula is C11H19N5. The number of rotatable bonds is 5. The summed E-state index contributed by atoms with van der Waals surface area (Å²) in [6, 6.07) is 2.52. The molecule has 0 radical (unpaired) electrons. The normalized spacial score (nSPS) is 16.3. The lowest BCUT2D eigenvalue weighted by atomic mass is 10.2. The average molecular weight is 221 g/mol. The molecule has 5 heteroatoms. The summed E-state index contributed by atoms with van der Waals surface area (Å²) in [6.45, 7) is 1.34. The molecule has 4 N–H and O–H groups in total. The van der Waals surface area contributed by atoms with Crippen LogP contribution in [0.1, 0.15) is 25.7 Å². The van der Waals surface area contributed by atoms with Gasteiger partial charge in [0.25, 0.3) is 0 Å². The van der Waals surface area contributed by atoms with Crippen molar-refractivity contribution in [2.75, 3.05) is 23.7 Å². The topological polar surface area (TPSA) is 75.9 Å². The van der Waals surface area contributed by atoms with E-state index < -0.39 is 0 Å². The van der Waals surface area contributed by atoms with E-state index in [4.69, 9.17) is 5.73 Å². The molecule has 0 aromatic carbocycles. The minimum Gasteiger partial charge on any atom is -0.369 e. The first-order valence-corrected chi connectivity index (χ1v) is 5.91. The fourth-order valence-corrected chi connectivity index (χ4v) is 2.01. The Bertz CT molecular complexity index is 322. The van der Waals surface area contributed by atoms with E-state index in [-0.39, 0.29) is 0 Å². The van der Waals surface area contributed by atoms with Crippen LogP contribution >= 0.6 is 0 Å². The van der Waals surface area contributed by atoms with E-state index in [0.29, 0.717) is 12.6 Å². The fraction of sp³-hybridized carbons (Fsp3) is 0.636. The van der Waals surface area contributed by atoms with Crippen LogP contribution in [-0.4, -0.2) is 29.1 Å². The molecule has 88 valence electrons. The molecule has 1 fully saturated rings. The summed E-state index contributed by atoms with van der Waals surface area (Å²) in [5.41, 5.74) is 5.42. The highest BCUT2D eigenvalue weighted by atomic mass is 15.1. The third kappa shape index (κ3) is 3.06. The second-order valence-corrected chi connectivity index (χ2v) is 4.13. The minimum atomic E-state index is 0.581. The molecular weight excluding hydrogens is 202 g/mol. The lowest BCUT2D eigenvalue weighted by Crippen LogP contribution is -2.17. The fourth-order valence-electron chi connectivity index (χ4n) is 2.01. The van der Waals surface area contributed by atoms with E-state index in [1.807, 2.05) is 6.07 Å². The summed E-state index contributed by atoms with van der Waals surface area (Å²) in [6.07, 6.45) is 6.71. The monoisotopic (exact) mass is 221 g/mol. The van der Waals surface area contributed by atoms with Gasteiger partial charge >= 0.3 is 0 Å². The first-order valence-electron chi connectivity index (χ1n) is 5.91. The van der Waals surface area contributed by atoms with Crippen LogP contribution in [0.5, 0.6) is 0 Å². The highest BCUT2D eigenvalue weighted by Gasteiger charge is 2.14. The smallest absolute Gasteiger partial charge is 0.131 e. The molecule has 1 heterocycles. The standard InChI is InChI=1S/C11H19N5/c12-5-6-13-10-7-11(15-8-14-10)16-9-3-1-2-4-9/h7-9H,1-6,12H2,(H2,13,14,15,16). The van der Waals surface area contributed by atoms with E-state index >= 15 is 0 Å². The van der Waals surface area contributed by atoms with Crippen LogP contribution in [0.3, 0.4) is 0 Å². The minimum absolute atomic E-state index is 0.581. The molecule has 1 saturated carbocycles. The molecule has 0 saturated heterocycles. The summed E-state index contributed by atoms with van der Waals surface area (Å²) >= 11 is 0. The number of hydrogen-bond donors (Lipinski definition) is 3. The predicted octanol–water partition coefficient (Wildman–Crippen LogP) is 1.20. The van der Waals surface area contributed by atoms with E-state index in [2.05, 4.69) is 20.6 Å². The first kappa shape index (κ1) is 11.1. The van der Waals surface area contributed by atoms with Crippen molar-refractivity contribution in [1.82, 2.24) is 9.97 Å². The number of nitrogens with zero attached hydrogens (tertiary/aromatic N) is 2. The van der Waals surface area contributed by atoms with Gasteiger partial charge in [-0.1, -0.05) is 12.8 Å². The molecule has 1 aliphatic rings. The zero-order valence-electron chi connectivity index (χ0n) is 9.45. The van der Waals surface area contributed by atoms with Crippen LogP contribution in [0.15, 0.2) is 12.4 Å². The Morgan fingerprint density at radius 3 is 2.75 bits per heavy atom. The maximum Gasteiger partial charge on any atom is 0.131 e. The van der Waals surface area contributed by atoms with Gasteiger partial charge in [0.05, 0.1) is 0 Å². The predicted molar refractivity (Wildman–Crippen MR) is 65.5 cm³/mol. The van der Waals surface area contributed by atoms with Crippen molar-refractivity contribution < 1.29 is 0 Å². The van der Waals surface area contributed by atoms with E-state index in [9.17, 15) is 0 Å². The van der Waals surface area contributed by atoms with Crippen LogP contribution in [-0.2, 0) is 0 Å². The molecule has 0 unspecified atom stereocenters. The summed E-state index contributed by atoms with van der Waals surface area (Å²) < 4.78 is 0. The number of anilines is 2. The Labute approximate surface area is 95.9 Å². The summed E-state index contributed by atoms with van der Waals surface area (Å²) in [5, 5.41) is 6.58. The molecule has 5 nitrogen and oxygen atoms in total. The molecule has 1 aliphatic carbocycles.